The van der Waals surface area contributed by atoms with Crippen molar-refractivity contribution in [1.29, 1.82) is 0 Å². The summed E-state index contributed by atoms with van der Waals surface area (Å²) >= 11 is 1.29. The fraction of sp³-hybridized carbons (Fsp3) is 0.368. The molecule has 1 fully saturated rings. The molecule has 146 valence electrons. The summed E-state index contributed by atoms with van der Waals surface area (Å²) in [5, 5.41) is 6.63. The molecule has 7 nitrogen and oxygen atoms in total. The van der Waals surface area contributed by atoms with E-state index >= 15 is 0 Å². The third-order valence-electron chi connectivity index (χ3n) is 4.79. The van der Waals surface area contributed by atoms with Gasteiger partial charge in [-0.05, 0) is 43.4 Å². The van der Waals surface area contributed by atoms with Crippen molar-refractivity contribution in [3.8, 4) is 0 Å². The lowest BCUT2D eigenvalue weighted by molar-refractivity contribution is -0.117. The average molecular weight is 402 g/mol. The van der Waals surface area contributed by atoms with E-state index in [0.29, 0.717) is 34.3 Å². The molecule has 0 radical (unpaired) electrons. The molecule has 1 aromatic carbocycles. The smallest absolute Gasteiger partial charge is 0.292 e. The first-order valence-corrected chi connectivity index (χ1v) is 10.00. The van der Waals surface area contributed by atoms with Gasteiger partial charge in [-0.3, -0.25) is 14.4 Å². The van der Waals surface area contributed by atoms with Crippen LogP contribution >= 0.6 is 11.8 Å². The zero-order valence-electron chi connectivity index (χ0n) is 15.3. The van der Waals surface area contributed by atoms with Crippen molar-refractivity contribution in [3.63, 3.8) is 0 Å². The summed E-state index contributed by atoms with van der Waals surface area (Å²) in [6, 6.07) is 4.38. The van der Waals surface area contributed by atoms with E-state index in [1.54, 1.807) is 19.1 Å². The maximum absolute atomic E-state index is 13.6. The Balaban J connectivity index is 1.56. The number of nitrogens with zero attached hydrogens (tertiary/aromatic N) is 3. The quantitative estimate of drug-likeness (QED) is 0.829. The number of amides is 2. The molecular formula is C19H19FN4O3S. The van der Waals surface area contributed by atoms with Crippen LogP contribution in [0.25, 0.3) is 0 Å². The normalized spacial score (nSPS) is 16.1. The summed E-state index contributed by atoms with van der Waals surface area (Å²) < 4.78 is 14.7. The molecule has 0 saturated heterocycles. The molecule has 0 spiro atoms. The number of fused-ring (bicyclic) bond motifs is 1. The number of carbonyl (C=O) groups excluding carboxylic acids is 2. The van der Waals surface area contributed by atoms with Crippen LogP contribution in [-0.2, 0) is 16.1 Å². The molecular weight excluding hydrogens is 383 g/mol. The predicted molar refractivity (Wildman–Crippen MR) is 104 cm³/mol. The number of aryl methyl sites for hydroxylation is 1. The number of aromatic nitrogens is 2. The summed E-state index contributed by atoms with van der Waals surface area (Å²) in [7, 11) is 0. The second-order valence-electron chi connectivity index (χ2n) is 7.07. The first-order valence-electron chi connectivity index (χ1n) is 9.01. The van der Waals surface area contributed by atoms with Crippen LogP contribution in [0.4, 0.5) is 15.8 Å². The van der Waals surface area contributed by atoms with E-state index < -0.39 is 17.3 Å². The second kappa shape index (κ2) is 7.38. The van der Waals surface area contributed by atoms with E-state index in [4.69, 9.17) is 0 Å². The number of nitrogens with one attached hydrogen (secondary N) is 1. The number of hydrogen-bond acceptors (Lipinski definition) is 5. The first kappa shape index (κ1) is 18.7. The molecule has 0 unspecified atom stereocenters. The maximum Gasteiger partial charge on any atom is 0.292 e. The number of thioether (sulfide) groups is 1. The number of rotatable bonds is 5. The molecule has 1 saturated carbocycles. The van der Waals surface area contributed by atoms with Crippen molar-refractivity contribution in [2.24, 2.45) is 5.92 Å². The van der Waals surface area contributed by atoms with Crippen LogP contribution in [0.15, 0.2) is 34.1 Å². The zero-order valence-corrected chi connectivity index (χ0v) is 16.1. The van der Waals surface area contributed by atoms with Gasteiger partial charge in [0.05, 0.1) is 16.8 Å². The number of benzene rings is 1. The van der Waals surface area contributed by atoms with Gasteiger partial charge in [0.15, 0.2) is 0 Å². The van der Waals surface area contributed by atoms with Gasteiger partial charge in [0.25, 0.3) is 5.56 Å². The Morgan fingerprint density at radius 3 is 2.86 bits per heavy atom. The average Bonchev–Trinajstić information content (AvgIpc) is 3.47. The van der Waals surface area contributed by atoms with E-state index in [1.165, 1.54) is 28.9 Å². The van der Waals surface area contributed by atoms with Gasteiger partial charge < -0.3 is 10.2 Å². The Kier molecular flexibility index (Phi) is 4.92. The lowest BCUT2D eigenvalue weighted by Gasteiger charge is -2.28. The highest BCUT2D eigenvalue weighted by Crippen LogP contribution is 2.36. The summed E-state index contributed by atoms with van der Waals surface area (Å²) in [4.78, 5) is 39.7. The van der Waals surface area contributed by atoms with Crippen LogP contribution in [0.1, 0.15) is 18.4 Å². The Morgan fingerprint density at radius 2 is 2.14 bits per heavy atom. The minimum Gasteiger partial charge on any atom is -0.324 e. The molecule has 9 heteroatoms. The summed E-state index contributed by atoms with van der Waals surface area (Å²) in [5.74, 6) is -0.307. The van der Waals surface area contributed by atoms with Gasteiger partial charge in [0.1, 0.15) is 18.0 Å². The SMILES string of the molecule is Cc1ccc(NC(=O)Cn2ncc3c(c2=O)N(CC2CC2)C(=O)CS3)cc1F. The Morgan fingerprint density at radius 1 is 1.36 bits per heavy atom. The topological polar surface area (TPSA) is 84.3 Å². The van der Waals surface area contributed by atoms with Crippen LogP contribution in [0.2, 0.25) is 0 Å². The molecule has 2 aliphatic rings. The summed E-state index contributed by atoms with van der Waals surface area (Å²) in [6.45, 7) is 1.84. The minimum absolute atomic E-state index is 0.0983. The van der Waals surface area contributed by atoms with Gasteiger partial charge >= 0.3 is 0 Å². The van der Waals surface area contributed by atoms with Gasteiger partial charge in [-0.2, -0.15) is 5.10 Å². The van der Waals surface area contributed by atoms with Crippen LogP contribution in [-0.4, -0.2) is 33.9 Å². The number of halogens is 1. The van der Waals surface area contributed by atoms with Crippen LogP contribution in [0.3, 0.4) is 0 Å². The zero-order chi connectivity index (χ0) is 19.8. The minimum atomic E-state index is -0.499. The number of carbonyl (C=O) groups is 2. The highest BCUT2D eigenvalue weighted by atomic mass is 32.2. The summed E-state index contributed by atoms with van der Waals surface area (Å²) in [6.07, 6.45) is 3.63. The van der Waals surface area contributed by atoms with Gasteiger partial charge in [-0.15, -0.1) is 11.8 Å². The standard InChI is InChI=1S/C19H19FN4O3S/c1-11-2-5-13(6-14(11)20)22-16(25)9-24-19(27)18-15(7-21-24)28-10-17(26)23(18)8-12-3-4-12/h2,5-7,12H,3-4,8-10H2,1H3,(H,22,25). The molecule has 1 aliphatic carbocycles. The predicted octanol–water partition coefficient (Wildman–Crippen LogP) is 2.18. The van der Waals surface area contributed by atoms with Gasteiger partial charge in [-0.25, -0.2) is 9.07 Å². The van der Waals surface area contributed by atoms with Crippen LogP contribution in [0.5, 0.6) is 0 Å². The Labute approximate surface area is 164 Å². The number of hydrogen-bond donors (Lipinski definition) is 1. The fourth-order valence-electron chi connectivity index (χ4n) is 3.03. The lowest BCUT2D eigenvalue weighted by Crippen LogP contribution is -2.43. The van der Waals surface area contributed by atoms with E-state index in [1.807, 2.05) is 0 Å². The monoisotopic (exact) mass is 402 g/mol. The number of anilines is 2. The fourth-order valence-corrected chi connectivity index (χ4v) is 3.92. The van der Waals surface area contributed by atoms with E-state index in [0.717, 1.165) is 17.5 Å². The highest BCUT2D eigenvalue weighted by molar-refractivity contribution is 8.00. The van der Waals surface area contributed by atoms with Crippen LogP contribution in [0, 0.1) is 18.7 Å². The third-order valence-corrected chi connectivity index (χ3v) is 5.79. The van der Waals surface area contributed by atoms with Crippen molar-refractivity contribution >= 4 is 35.0 Å². The van der Waals surface area contributed by atoms with Crippen molar-refractivity contribution in [1.82, 2.24) is 9.78 Å². The van der Waals surface area contributed by atoms with Crippen LogP contribution < -0.4 is 15.8 Å². The first-order chi connectivity index (χ1) is 13.4. The van der Waals surface area contributed by atoms with Gasteiger partial charge in [-0.1, -0.05) is 6.07 Å². The molecule has 1 aliphatic heterocycles. The van der Waals surface area contributed by atoms with E-state index in [-0.39, 0.29) is 18.2 Å². The highest BCUT2D eigenvalue weighted by Gasteiger charge is 2.34. The van der Waals surface area contributed by atoms with Gasteiger partial charge in [0.2, 0.25) is 11.8 Å². The Bertz CT molecular complexity index is 1020. The molecule has 2 heterocycles. The Hall–Kier alpha value is -2.68. The molecule has 1 N–H and O–H groups in total. The third kappa shape index (κ3) is 3.80. The maximum atomic E-state index is 13.6. The molecule has 2 aromatic rings. The van der Waals surface area contributed by atoms with Crippen molar-refractivity contribution < 1.29 is 14.0 Å². The molecule has 1 aromatic heterocycles. The lowest BCUT2D eigenvalue weighted by atomic mass is 10.2. The molecule has 0 atom stereocenters. The van der Waals surface area contributed by atoms with E-state index in [2.05, 4.69) is 10.4 Å². The molecule has 28 heavy (non-hydrogen) atoms. The van der Waals surface area contributed by atoms with E-state index in [9.17, 15) is 18.8 Å². The molecule has 2 amide bonds. The molecule has 4 rings (SSSR count). The molecule has 0 bridgehead atoms. The largest absolute Gasteiger partial charge is 0.324 e. The second-order valence-corrected chi connectivity index (χ2v) is 8.09. The van der Waals surface area contributed by atoms with Crippen molar-refractivity contribution in [2.75, 3.05) is 22.5 Å². The summed E-state index contributed by atoms with van der Waals surface area (Å²) in [5.41, 5.74) is 0.616. The van der Waals surface area contributed by atoms with Gasteiger partial charge in [0, 0.05) is 12.2 Å². The van der Waals surface area contributed by atoms with Crippen molar-refractivity contribution in [2.45, 2.75) is 31.2 Å². The van der Waals surface area contributed by atoms with Crippen molar-refractivity contribution in [3.05, 3.63) is 46.1 Å².